The second kappa shape index (κ2) is 7.42. The molecule has 22 heavy (non-hydrogen) atoms. The first kappa shape index (κ1) is 16.5. The van der Waals surface area contributed by atoms with Crippen LogP contribution in [-0.4, -0.2) is 21.8 Å². The molecular weight excluding hydrogens is 320 g/mol. The lowest BCUT2D eigenvalue weighted by Gasteiger charge is -2.00. The van der Waals surface area contributed by atoms with Crippen molar-refractivity contribution in [1.82, 2.24) is 10.1 Å². The van der Waals surface area contributed by atoms with Crippen LogP contribution < -0.4 is 5.32 Å². The van der Waals surface area contributed by atoms with Crippen molar-refractivity contribution >= 4 is 34.1 Å². The molecule has 2 aromatic rings. The fourth-order valence-corrected chi connectivity index (χ4v) is 3.46. The van der Waals surface area contributed by atoms with Crippen molar-refractivity contribution in [3.63, 3.8) is 0 Å². The highest BCUT2D eigenvalue weighted by molar-refractivity contribution is 8.01. The van der Waals surface area contributed by atoms with E-state index >= 15 is 0 Å². The van der Waals surface area contributed by atoms with E-state index < -0.39 is 0 Å². The van der Waals surface area contributed by atoms with E-state index in [1.807, 2.05) is 13.8 Å². The summed E-state index contributed by atoms with van der Waals surface area (Å²) in [5, 5.41) is 15.7. The molecule has 0 saturated carbocycles. The van der Waals surface area contributed by atoms with Crippen molar-refractivity contribution < 1.29 is 9.32 Å². The normalized spacial score (nSPS) is 11.9. The van der Waals surface area contributed by atoms with E-state index in [0.29, 0.717) is 10.9 Å². The number of thiazole rings is 1. The number of hydrogen-bond acceptors (Lipinski definition) is 7. The molecule has 0 spiro atoms. The Balaban J connectivity index is 2.06. The Morgan fingerprint density at radius 1 is 1.64 bits per heavy atom. The number of rotatable bonds is 6. The monoisotopic (exact) mass is 336 g/mol. The van der Waals surface area contributed by atoms with E-state index in [0.717, 1.165) is 22.0 Å². The molecule has 0 bridgehead atoms. The van der Waals surface area contributed by atoms with Crippen molar-refractivity contribution in [2.24, 2.45) is 0 Å². The zero-order valence-electron chi connectivity index (χ0n) is 12.5. The molecule has 0 aliphatic carbocycles. The van der Waals surface area contributed by atoms with E-state index in [1.165, 1.54) is 23.1 Å². The molecule has 0 saturated heterocycles. The van der Waals surface area contributed by atoms with E-state index in [-0.39, 0.29) is 17.6 Å². The molecule has 0 aliphatic rings. The molecule has 1 N–H and O–H groups in total. The van der Waals surface area contributed by atoms with Crippen LogP contribution in [0.5, 0.6) is 0 Å². The summed E-state index contributed by atoms with van der Waals surface area (Å²) in [7, 11) is 0. The maximum atomic E-state index is 12.1. The maximum Gasteiger partial charge on any atom is 0.296 e. The first-order chi connectivity index (χ1) is 10.5. The van der Waals surface area contributed by atoms with E-state index in [2.05, 4.69) is 28.5 Å². The minimum atomic E-state index is -0.368. The van der Waals surface area contributed by atoms with Crippen LogP contribution in [0.3, 0.4) is 0 Å². The van der Waals surface area contributed by atoms with Gasteiger partial charge in [0.1, 0.15) is 0 Å². The van der Waals surface area contributed by atoms with Crippen LogP contribution >= 0.6 is 23.1 Å². The highest BCUT2D eigenvalue weighted by Crippen LogP contribution is 2.32. The number of anilines is 1. The van der Waals surface area contributed by atoms with Crippen molar-refractivity contribution in [2.45, 2.75) is 37.3 Å². The van der Waals surface area contributed by atoms with Gasteiger partial charge < -0.3 is 4.52 Å². The largest absolute Gasteiger partial charge is 0.351 e. The van der Waals surface area contributed by atoms with Gasteiger partial charge in [-0.05, 0) is 13.3 Å². The number of nitrogens with one attached hydrogen (secondary N) is 1. The highest BCUT2D eigenvalue weighted by atomic mass is 32.2. The predicted octanol–water partition coefficient (Wildman–Crippen LogP) is 3.82. The van der Waals surface area contributed by atoms with Crippen LogP contribution in [0.2, 0.25) is 0 Å². The SMILES string of the molecule is CCC(C)c1cc(C(=O)Nc2nc(C)c(SCC#N)s2)on1. The molecule has 2 rings (SSSR count). The Morgan fingerprint density at radius 2 is 2.41 bits per heavy atom. The minimum Gasteiger partial charge on any atom is -0.351 e. The summed E-state index contributed by atoms with van der Waals surface area (Å²) in [6.45, 7) is 5.93. The lowest BCUT2D eigenvalue weighted by atomic mass is 10.1. The first-order valence-electron chi connectivity index (χ1n) is 6.80. The third kappa shape index (κ3) is 3.87. The van der Waals surface area contributed by atoms with Crippen LogP contribution in [0.1, 0.15) is 48.1 Å². The van der Waals surface area contributed by atoms with E-state index in [4.69, 9.17) is 9.78 Å². The van der Waals surface area contributed by atoms with Gasteiger partial charge in [-0.15, -0.1) is 0 Å². The Hall–Kier alpha value is -1.85. The number of thioether (sulfide) groups is 1. The number of carbonyl (C=O) groups excluding carboxylic acids is 1. The lowest BCUT2D eigenvalue weighted by Crippen LogP contribution is -2.10. The van der Waals surface area contributed by atoms with Crippen LogP contribution in [0.4, 0.5) is 5.13 Å². The number of nitrogens with zero attached hydrogens (tertiary/aromatic N) is 3. The zero-order chi connectivity index (χ0) is 16.1. The van der Waals surface area contributed by atoms with Gasteiger partial charge in [-0.25, -0.2) is 4.98 Å². The summed E-state index contributed by atoms with van der Waals surface area (Å²) < 4.78 is 6.02. The summed E-state index contributed by atoms with van der Waals surface area (Å²) in [5.41, 5.74) is 1.58. The number of amides is 1. The molecule has 8 heteroatoms. The minimum absolute atomic E-state index is 0.175. The van der Waals surface area contributed by atoms with Gasteiger partial charge in [0.15, 0.2) is 5.13 Å². The van der Waals surface area contributed by atoms with Gasteiger partial charge in [-0.1, -0.05) is 42.1 Å². The van der Waals surface area contributed by atoms with Gasteiger partial charge in [0.25, 0.3) is 5.91 Å². The third-order valence-electron chi connectivity index (χ3n) is 3.11. The van der Waals surface area contributed by atoms with Gasteiger partial charge in [-0.3, -0.25) is 10.1 Å². The van der Waals surface area contributed by atoms with Crippen LogP contribution in [0, 0.1) is 18.3 Å². The van der Waals surface area contributed by atoms with E-state index in [1.54, 1.807) is 6.07 Å². The highest BCUT2D eigenvalue weighted by Gasteiger charge is 2.18. The summed E-state index contributed by atoms with van der Waals surface area (Å²) in [4.78, 5) is 16.4. The number of carbonyl (C=O) groups is 1. The topological polar surface area (TPSA) is 91.8 Å². The molecule has 0 aromatic carbocycles. The quantitative estimate of drug-likeness (QED) is 0.806. The van der Waals surface area contributed by atoms with Gasteiger partial charge in [0, 0.05) is 12.0 Å². The van der Waals surface area contributed by atoms with Crippen molar-refractivity contribution in [1.29, 1.82) is 5.26 Å². The molecule has 116 valence electrons. The van der Waals surface area contributed by atoms with Crippen LogP contribution in [0.25, 0.3) is 0 Å². The molecule has 1 amide bonds. The summed E-state index contributed by atoms with van der Waals surface area (Å²) >= 11 is 2.76. The lowest BCUT2D eigenvalue weighted by molar-refractivity contribution is 0.0987. The maximum absolute atomic E-state index is 12.1. The smallest absolute Gasteiger partial charge is 0.296 e. The molecule has 1 atom stereocenters. The van der Waals surface area contributed by atoms with Gasteiger partial charge in [0.05, 0.1) is 27.4 Å². The average Bonchev–Trinajstić information content (AvgIpc) is 3.11. The first-order valence-corrected chi connectivity index (χ1v) is 8.60. The third-order valence-corrected chi connectivity index (χ3v) is 5.41. The summed E-state index contributed by atoms with van der Waals surface area (Å²) in [6.07, 6.45) is 0.929. The second-order valence-electron chi connectivity index (χ2n) is 4.72. The van der Waals surface area contributed by atoms with Gasteiger partial charge in [0.2, 0.25) is 5.76 Å². The number of hydrogen-bond donors (Lipinski definition) is 1. The Bertz CT molecular complexity index is 702. The van der Waals surface area contributed by atoms with Crippen LogP contribution in [0.15, 0.2) is 14.8 Å². The molecule has 0 aliphatic heterocycles. The fraction of sp³-hybridized carbons (Fsp3) is 0.429. The van der Waals surface area contributed by atoms with Crippen molar-refractivity contribution in [3.8, 4) is 6.07 Å². The van der Waals surface area contributed by atoms with E-state index in [9.17, 15) is 4.79 Å². The number of aromatic nitrogens is 2. The Labute approximate surface area is 136 Å². The standard InChI is InChI=1S/C14H16N4O2S2/c1-4-8(2)10-7-11(20-18-10)12(19)17-14-16-9(3)13(22-14)21-6-5-15/h7-8H,4,6H2,1-3H3,(H,16,17,19). The molecular formula is C14H16N4O2S2. The Kier molecular flexibility index (Phi) is 5.57. The number of nitriles is 1. The molecule has 2 aromatic heterocycles. The average molecular weight is 336 g/mol. The van der Waals surface area contributed by atoms with Crippen molar-refractivity contribution in [3.05, 3.63) is 23.2 Å². The fourth-order valence-electron chi connectivity index (χ4n) is 1.66. The second-order valence-corrected chi connectivity index (χ2v) is 6.96. The number of aryl methyl sites for hydroxylation is 1. The predicted molar refractivity (Wildman–Crippen MR) is 86.4 cm³/mol. The van der Waals surface area contributed by atoms with Crippen molar-refractivity contribution in [2.75, 3.05) is 11.1 Å². The Morgan fingerprint density at radius 3 is 3.09 bits per heavy atom. The molecule has 2 heterocycles. The molecule has 1 unspecified atom stereocenters. The summed E-state index contributed by atoms with van der Waals surface area (Å²) in [5.74, 6) is 0.417. The molecule has 0 radical (unpaired) electrons. The molecule has 0 fully saturated rings. The zero-order valence-corrected chi connectivity index (χ0v) is 14.2. The van der Waals surface area contributed by atoms with Crippen LogP contribution in [-0.2, 0) is 0 Å². The summed E-state index contributed by atoms with van der Waals surface area (Å²) in [6, 6.07) is 3.73. The van der Waals surface area contributed by atoms with Gasteiger partial charge >= 0.3 is 0 Å². The molecule has 6 nitrogen and oxygen atoms in total. The van der Waals surface area contributed by atoms with Gasteiger partial charge in [-0.2, -0.15) is 5.26 Å².